The van der Waals surface area contributed by atoms with Crippen LogP contribution >= 0.6 is 0 Å². The van der Waals surface area contributed by atoms with Crippen LogP contribution in [0.3, 0.4) is 0 Å². The van der Waals surface area contributed by atoms with Crippen LogP contribution in [0.25, 0.3) is 0 Å². The van der Waals surface area contributed by atoms with Crippen LogP contribution in [0.1, 0.15) is 26.2 Å². The van der Waals surface area contributed by atoms with E-state index in [1.807, 2.05) is 0 Å². The number of primary amides is 1. The SMILES string of the molecule is CC1C=C(NCC(N)=O)CCC1. The molecule has 0 saturated carbocycles. The normalized spacial score (nSPS) is 23.1. The zero-order valence-electron chi connectivity index (χ0n) is 7.47. The Morgan fingerprint density at radius 1 is 1.83 bits per heavy atom. The van der Waals surface area contributed by atoms with E-state index in [1.54, 1.807) is 0 Å². The number of hydrogen-bond donors (Lipinski definition) is 2. The molecule has 3 heteroatoms. The highest BCUT2D eigenvalue weighted by Gasteiger charge is 2.08. The summed E-state index contributed by atoms with van der Waals surface area (Å²) in [7, 11) is 0. The van der Waals surface area contributed by atoms with E-state index in [9.17, 15) is 4.79 Å². The van der Waals surface area contributed by atoms with E-state index < -0.39 is 0 Å². The average Bonchev–Trinajstić information content (AvgIpc) is 2.01. The van der Waals surface area contributed by atoms with Crippen LogP contribution in [0, 0.1) is 5.92 Å². The van der Waals surface area contributed by atoms with Gasteiger partial charge in [-0.2, -0.15) is 0 Å². The van der Waals surface area contributed by atoms with Crippen molar-refractivity contribution in [1.82, 2.24) is 5.32 Å². The van der Waals surface area contributed by atoms with Crippen molar-refractivity contribution in [2.75, 3.05) is 6.54 Å². The van der Waals surface area contributed by atoms with Crippen LogP contribution in [0.2, 0.25) is 0 Å². The zero-order chi connectivity index (χ0) is 8.97. The fourth-order valence-corrected chi connectivity index (χ4v) is 1.47. The molecule has 0 heterocycles. The second-order valence-corrected chi connectivity index (χ2v) is 3.38. The van der Waals surface area contributed by atoms with Gasteiger partial charge in [0.1, 0.15) is 0 Å². The van der Waals surface area contributed by atoms with Crippen molar-refractivity contribution in [3.63, 3.8) is 0 Å². The molecule has 1 amide bonds. The Balaban J connectivity index is 2.35. The standard InChI is InChI=1S/C9H16N2O/c1-7-3-2-4-8(5-7)11-6-9(10)12/h5,7,11H,2-4,6H2,1H3,(H2,10,12). The Morgan fingerprint density at radius 2 is 2.58 bits per heavy atom. The van der Waals surface area contributed by atoms with Crippen molar-refractivity contribution in [3.8, 4) is 0 Å². The first kappa shape index (κ1) is 9.10. The topological polar surface area (TPSA) is 55.1 Å². The molecule has 68 valence electrons. The predicted octanol–water partition coefficient (Wildman–Crippen LogP) is 0.765. The zero-order valence-corrected chi connectivity index (χ0v) is 7.47. The Labute approximate surface area is 73.0 Å². The van der Waals surface area contributed by atoms with Crippen molar-refractivity contribution in [1.29, 1.82) is 0 Å². The molecular formula is C9H16N2O. The number of amides is 1. The van der Waals surface area contributed by atoms with Gasteiger partial charge in [0.25, 0.3) is 0 Å². The smallest absolute Gasteiger partial charge is 0.236 e. The van der Waals surface area contributed by atoms with Crippen LogP contribution in [-0.2, 0) is 4.79 Å². The Bertz CT molecular complexity index is 199. The largest absolute Gasteiger partial charge is 0.380 e. The second-order valence-electron chi connectivity index (χ2n) is 3.38. The van der Waals surface area contributed by atoms with Gasteiger partial charge in [-0.15, -0.1) is 0 Å². The second kappa shape index (κ2) is 4.14. The van der Waals surface area contributed by atoms with Gasteiger partial charge in [0, 0.05) is 5.70 Å². The molecule has 1 aliphatic carbocycles. The van der Waals surface area contributed by atoms with Gasteiger partial charge in [0.15, 0.2) is 0 Å². The number of carbonyl (C=O) groups excluding carboxylic acids is 1. The molecule has 1 rings (SSSR count). The summed E-state index contributed by atoms with van der Waals surface area (Å²) in [6.07, 6.45) is 5.70. The number of nitrogens with two attached hydrogens (primary N) is 1. The van der Waals surface area contributed by atoms with Crippen LogP contribution < -0.4 is 11.1 Å². The third-order valence-electron chi connectivity index (χ3n) is 2.08. The molecule has 12 heavy (non-hydrogen) atoms. The highest BCUT2D eigenvalue weighted by Crippen LogP contribution is 2.20. The van der Waals surface area contributed by atoms with Crippen molar-refractivity contribution in [2.24, 2.45) is 11.7 Å². The lowest BCUT2D eigenvalue weighted by molar-refractivity contribution is -0.117. The Kier molecular flexibility index (Phi) is 3.14. The van der Waals surface area contributed by atoms with E-state index in [2.05, 4.69) is 18.3 Å². The van der Waals surface area contributed by atoms with Gasteiger partial charge < -0.3 is 11.1 Å². The maximum Gasteiger partial charge on any atom is 0.236 e. The fourth-order valence-electron chi connectivity index (χ4n) is 1.47. The minimum Gasteiger partial charge on any atom is -0.380 e. The van der Waals surface area contributed by atoms with Crippen molar-refractivity contribution < 1.29 is 4.79 Å². The molecule has 3 nitrogen and oxygen atoms in total. The summed E-state index contributed by atoms with van der Waals surface area (Å²) >= 11 is 0. The van der Waals surface area contributed by atoms with E-state index in [0.29, 0.717) is 5.92 Å². The molecule has 3 N–H and O–H groups in total. The lowest BCUT2D eigenvalue weighted by Gasteiger charge is -2.18. The highest BCUT2D eigenvalue weighted by molar-refractivity contribution is 5.76. The Hall–Kier alpha value is -0.990. The molecule has 0 bridgehead atoms. The van der Waals surface area contributed by atoms with E-state index in [-0.39, 0.29) is 12.5 Å². The summed E-state index contributed by atoms with van der Waals surface area (Å²) < 4.78 is 0. The number of allylic oxidation sites excluding steroid dienone is 2. The molecule has 0 fully saturated rings. The quantitative estimate of drug-likeness (QED) is 0.654. The van der Waals surface area contributed by atoms with Gasteiger partial charge in [0.05, 0.1) is 6.54 Å². The first-order valence-electron chi connectivity index (χ1n) is 4.41. The van der Waals surface area contributed by atoms with E-state index >= 15 is 0 Å². The predicted molar refractivity (Wildman–Crippen MR) is 48.3 cm³/mol. The molecule has 0 radical (unpaired) electrons. The summed E-state index contributed by atoms with van der Waals surface area (Å²) in [5, 5.41) is 3.04. The van der Waals surface area contributed by atoms with Gasteiger partial charge in [-0.05, 0) is 25.2 Å². The van der Waals surface area contributed by atoms with Crippen molar-refractivity contribution in [2.45, 2.75) is 26.2 Å². The summed E-state index contributed by atoms with van der Waals surface area (Å²) in [5.74, 6) is 0.336. The minimum absolute atomic E-state index is 0.262. The molecular weight excluding hydrogens is 152 g/mol. The lowest BCUT2D eigenvalue weighted by Crippen LogP contribution is -2.29. The fraction of sp³-hybridized carbons (Fsp3) is 0.667. The molecule has 1 unspecified atom stereocenters. The molecule has 1 atom stereocenters. The molecule has 0 spiro atoms. The first-order valence-corrected chi connectivity index (χ1v) is 4.41. The van der Waals surface area contributed by atoms with Gasteiger partial charge in [-0.3, -0.25) is 4.79 Å². The van der Waals surface area contributed by atoms with Gasteiger partial charge >= 0.3 is 0 Å². The number of rotatable bonds is 3. The van der Waals surface area contributed by atoms with Crippen molar-refractivity contribution in [3.05, 3.63) is 11.8 Å². The van der Waals surface area contributed by atoms with E-state index in [4.69, 9.17) is 5.73 Å². The summed E-state index contributed by atoms with van der Waals surface area (Å²) in [6, 6.07) is 0. The van der Waals surface area contributed by atoms with Crippen LogP contribution in [-0.4, -0.2) is 12.5 Å². The Morgan fingerprint density at radius 3 is 3.17 bits per heavy atom. The first-order chi connectivity index (χ1) is 5.68. The third-order valence-corrected chi connectivity index (χ3v) is 2.08. The number of carbonyl (C=O) groups is 1. The van der Waals surface area contributed by atoms with Gasteiger partial charge in [-0.25, -0.2) is 0 Å². The third kappa shape index (κ3) is 2.95. The minimum atomic E-state index is -0.297. The summed E-state index contributed by atoms with van der Waals surface area (Å²) in [4.78, 5) is 10.5. The van der Waals surface area contributed by atoms with Crippen LogP contribution in [0.15, 0.2) is 11.8 Å². The highest BCUT2D eigenvalue weighted by atomic mass is 16.1. The molecule has 0 aromatic carbocycles. The number of hydrogen-bond acceptors (Lipinski definition) is 2. The van der Waals surface area contributed by atoms with E-state index in [0.717, 1.165) is 6.42 Å². The molecule has 0 aliphatic heterocycles. The monoisotopic (exact) mass is 168 g/mol. The molecule has 0 aromatic rings. The number of nitrogens with one attached hydrogen (secondary N) is 1. The molecule has 0 saturated heterocycles. The maximum atomic E-state index is 10.5. The lowest BCUT2D eigenvalue weighted by atomic mass is 9.95. The van der Waals surface area contributed by atoms with Crippen LogP contribution in [0.5, 0.6) is 0 Å². The summed E-state index contributed by atoms with van der Waals surface area (Å²) in [6.45, 7) is 2.45. The van der Waals surface area contributed by atoms with Gasteiger partial charge in [0.2, 0.25) is 5.91 Å². The maximum absolute atomic E-state index is 10.5. The van der Waals surface area contributed by atoms with Crippen molar-refractivity contribution >= 4 is 5.91 Å². The molecule has 1 aliphatic rings. The average molecular weight is 168 g/mol. The molecule has 0 aromatic heterocycles. The van der Waals surface area contributed by atoms with Gasteiger partial charge in [-0.1, -0.05) is 13.0 Å². The van der Waals surface area contributed by atoms with Crippen LogP contribution in [0.4, 0.5) is 0 Å². The van der Waals surface area contributed by atoms with E-state index in [1.165, 1.54) is 18.5 Å². The summed E-state index contributed by atoms with van der Waals surface area (Å²) in [5.41, 5.74) is 6.19.